The minimum Gasteiger partial charge on any atom is -0.478 e. The van der Waals surface area contributed by atoms with Crippen LogP contribution in [0.4, 0.5) is 34.1 Å². The number of nitrogens with two attached hydrogens (primary N) is 4. The zero-order valence-corrected chi connectivity index (χ0v) is 31.9. The van der Waals surface area contributed by atoms with Crippen molar-refractivity contribution >= 4 is 64.0 Å². The summed E-state index contributed by atoms with van der Waals surface area (Å²) in [5, 5.41) is 29.2. The van der Waals surface area contributed by atoms with Crippen LogP contribution < -0.4 is 32.4 Å². The minimum absolute atomic E-state index is 0.245. The number of anilines is 4. The van der Waals surface area contributed by atoms with Crippen LogP contribution in [0.5, 0.6) is 11.5 Å². The molecule has 0 spiro atoms. The molecule has 5 aromatic carbocycles. The first-order chi connectivity index (χ1) is 27.7. The number of nitro groups is 2. The second-order valence-corrected chi connectivity index (χ2v) is 11.1. The number of carbonyl (C=O) groups excluding carboxylic acids is 4. The molecule has 20 nitrogen and oxygen atoms in total. The number of benzene rings is 5. The first kappa shape index (κ1) is 48.5. The van der Waals surface area contributed by atoms with Crippen molar-refractivity contribution in [3.63, 3.8) is 0 Å². The summed E-state index contributed by atoms with van der Waals surface area (Å²) < 4.78 is 18.5. The highest BCUT2D eigenvalue weighted by Gasteiger charge is 2.19. The molecule has 9 N–H and O–H groups in total. The van der Waals surface area contributed by atoms with Gasteiger partial charge in [-0.15, -0.1) is 0 Å². The number of nitrogen functional groups attached to an aromatic ring is 4. The molecule has 5 aromatic rings. The van der Waals surface area contributed by atoms with Crippen molar-refractivity contribution in [2.75, 3.05) is 37.2 Å². The second kappa shape index (κ2) is 24.8. The number of hydrogen-bond acceptors (Lipinski definition) is 17. The maximum Gasteiger partial charge on any atom is 0.343 e. The number of esters is 4. The molecule has 5 rings (SSSR count). The van der Waals surface area contributed by atoms with Gasteiger partial charge in [0.15, 0.2) is 0 Å². The number of hydrogen-bond donors (Lipinski definition) is 5. The number of nitrogens with zero attached hydrogens (tertiary/aromatic N) is 2. The van der Waals surface area contributed by atoms with Crippen LogP contribution >= 0.6 is 0 Å². The van der Waals surface area contributed by atoms with Gasteiger partial charge in [-0.25, -0.2) is 14.4 Å². The van der Waals surface area contributed by atoms with Crippen molar-refractivity contribution < 1.29 is 57.9 Å². The Balaban J connectivity index is 0.000000384. The summed E-state index contributed by atoms with van der Waals surface area (Å²) in [5.41, 5.74) is 22.9. The molecule has 0 aromatic heterocycles. The average molecular weight is 817 g/mol. The van der Waals surface area contributed by atoms with E-state index in [0.717, 1.165) is 12.1 Å². The van der Waals surface area contributed by atoms with Crippen molar-refractivity contribution in [3.05, 3.63) is 152 Å². The van der Waals surface area contributed by atoms with Crippen molar-refractivity contribution in [2.24, 2.45) is 0 Å². The van der Waals surface area contributed by atoms with Gasteiger partial charge < -0.3 is 47.0 Å². The Labute approximate surface area is 336 Å². The molecule has 0 saturated carbocycles. The Morgan fingerprint density at radius 3 is 1.17 bits per heavy atom. The normalized spacial score (nSPS) is 9.29. The molecule has 0 amide bonds. The van der Waals surface area contributed by atoms with Gasteiger partial charge in [-0.3, -0.25) is 29.8 Å². The molecule has 0 aliphatic rings. The van der Waals surface area contributed by atoms with Crippen LogP contribution in [0.25, 0.3) is 0 Å². The third-order valence-corrected chi connectivity index (χ3v) is 6.43. The van der Waals surface area contributed by atoms with Gasteiger partial charge in [-0.05, 0) is 60.7 Å². The Morgan fingerprint density at radius 1 is 0.508 bits per heavy atom. The zero-order chi connectivity index (χ0) is 44.7. The van der Waals surface area contributed by atoms with Crippen LogP contribution in [-0.2, 0) is 19.1 Å². The molecule has 0 bridgehead atoms. The van der Waals surface area contributed by atoms with E-state index in [0.29, 0.717) is 51.4 Å². The maximum absolute atomic E-state index is 11.8. The van der Waals surface area contributed by atoms with Gasteiger partial charge in [0.05, 0.1) is 46.8 Å². The number of ether oxygens (including phenoxy) is 4. The van der Waals surface area contributed by atoms with E-state index in [1.165, 1.54) is 52.3 Å². The summed E-state index contributed by atoms with van der Waals surface area (Å²) in [6, 6.07) is 29.3. The quantitative estimate of drug-likeness (QED) is 0.0432. The summed E-state index contributed by atoms with van der Waals surface area (Å²) in [6.07, 6.45) is 0. The van der Waals surface area contributed by atoms with Gasteiger partial charge in [0.2, 0.25) is 0 Å². The van der Waals surface area contributed by atoms with E-state index >= 15 is 0 Å². The van der Waals surface area contributed by atoms with Gasteiger partial charge in [-0.1, -0.05) is 36.4 Å². The van der Waals surface area contributed by atoms with Crippen LogP contribution in [0.2, 0.25) is 0 Å². The predicted molar refractivity (Wildman–Crippen MR) is 215 cm³/mol. The van der Waals surface area contributed by atoms with E-state index in [9.17, 15) is 44.2 Å². The molecular weight excluding hydrogens is 776 g/mol. The number of methoxy groups -OCH3 is 2. The molecule has 20 heteroatoms. The molecule has 0 unspecified atom stereocenters. The zero-order valence-electron chi connectivity index (χ0n) is 31.9. The lowest BCUT2D eigenvalue weighted by atomic mass is 10.2. The lowest BCUT2D eigenvalue weighted by Gasteiger charge is -2.05. The molecule has 310 valence electrons. The van der Waals surface area contributed by atoms with Crippen LogP contribution in [-0.4, -0.2) is 59.0 Å². The molecule has 59 heavy (non-hydrogen) atoms. The Morgan fingerprint density at radius 2 is 0.864 bits per heavy atom. The largest absolute Gasteiger partial charge is 0.478 e. The number of aromatic carboxylic acids is 1. The van der Waals surface area contributed by atoms with Gasteiger partial charge in [-0.2, -0.15) is 0 Å². The molecule has 0 saturated heterocycles. The average Bonchev–Trinajstić information content (AvgIpc) is 3.18. The fourth-order valence-corrected chi connectivity index (χ4v) is 3.95. The van der Waals surface area contributed by atoms with Crippen molar-refractivity contribution in [1.29, 1.82) is 0 Å². The first-order valence-electron chi connectivity index (χ1n) is 16.4. The highest BCUT2D eigenvalue weighted by molar-refractivity contribution is 5.93. The van der Waals surface area contributed by atoms with Crippen molar-refractivity contribution in [2.45, 2.75) is 13.8 Å². The van der Waals surface area contributed by atoms with E-state index in [-0.39, 0.29) is 11.9 Å². The van der Waals surface area contributed by atoms with Gasteiger partial charge in [0.1, 0.15) is 11.5 Å². The molecule has 0 aliphatic carbocycles. The number of non-ortho nitro benzene ring substituents is 2. The molecule has 0 aliphatic heterocycles. The van der Waals surface area contributed by atoms with E-state index in [4.69, 9.17) is 37.5 Å². The fraction of sp³-hybridized carbons (Fsp3) is 0.103. The molecule has 0 radical (unpaired) electrons. The van der Waals surface area contributed by atoms with Gasteiger partial charge in [0, 0.05) is 48.7 Å². The molecule has 0 atom stereocenters. The van der Waals surface area contributed by atoms with E-state index < -0.39 is 44.7 Å². The topological polar surface area (TPSA) is 333 Å². The van der Waals surface area contributed by atoms with Gasteiger partial charge in [0.25, 0.3) is 11.4 Å². The number of nitro benzene ring substituents is 2. The predicted octanol–water partition coefficient (Wildman–Crippen LogP) is 5.70. The van der Waals surface area contributed by atoms with Crippen molar-refractivity contribution in [3.8, 4) is 11.5 Å². The Bertz CT molecular complexity index is 2120. The summed E-state index contributed by atoms with van der Waals surface area (Å²) >= 11 is 0. The minimum atomic E-state index is -1.46. The molecular formula is C39H40N6O14. The molecule has 0 fully saturated rings. The fourth-order valence-electron chi connectivity index (χ4n) is 3.95. The maximum atomic E-state index is 11.8. The van der Waals surface area contributed by atoms with Gasteiger partial charge >= 0.3 is 29.8 Å². The summed E-state index contributed by atoms with van der Waals surface area (Å²) in [5.74, 6) is -1.82. The van der Waals surface area contributed by atoms with E-state index in [1.54, 1.807) is 48.5 Å². The lowest BCUT2D eigenvalue weighted by Crippen LogP contribution is -2.09. The monoisotopic (exact) mass is 816 g/mol. The van der Waals surface area contributed by atoms with E-state index in [1.807, 2.05) is 24.3 Å². The van der Waals surface area contributed by atoms with Crippen LogP contribution in [0.1, 0.15) is 44.9 Å². The SMILES string of the molecule is CC(=O)Oc1ccccc1.COC(=O)c1cc(N)cc(N)c1.COC(C)=O.Nc1cc(N)cc(C(=O)Oc2ccccc2)c1.O=C(O)c1cc([N+](=O)[O-])cc([N+](=O)[O-])c1. The highest BCUT2D eigenvalue weighted by Crippen LogP contribution is 2.22. The summed E-state index contributed by atoms with van der Waals surface area (Å²) in [7, 11) is 2.66. The summed E-state index contributed by atoms with van der Waals surface area (Å²) in [4.78, 5) is 72.2. The smallest absolute Gasteiger partial charge is 0.343 e. The standard InChI is InChI=1S/C13H12N2O2.C8H10N2O2.C8H8O2.C7H4N2O6.C3H6O2/c14-10-6-9(7-11(15)8-10)13(16)17-12-4-2-1-3-5-12;1-12-8(11)5-2-6(9)4-7(10)3-5;1-7(9)10-8-5-3-2-4-6-8;10-7(11)4-1-5(8(12)13)3-6(2-4)9(14)15;1-3(4)5-2/h1-8H,14-15H2;2-4H,9-10H2,1H3;2-6H,1H3;1-3H,(H,10,11);1-2H3. The number of carboxylic acids is 1. The van der Waals surface area contributed by atoms with Crippen molar-refractivity contribution in [1.82, 2.24) is 0 Å². The number of para-hydroxylation sites is 2. The van der Waals surface area contributed by atoms with Crippen LogP contribution in [0.15, 0.2) is 115 Å². The highest BCUT2D eigenvalue weighted by atomic mass is 16.6. The van der Waals surface area contributed by atoms with Crippen LogP contribution in [0, 0.1) is 20.2 Å². The Hall–Kier alpha value is -8.55. The number of carbonyl (C=O) groups is 5. The van der Waals surface area contributed by atoms with E-state index in [2.05, 4.69) is 9.47 Å². The number of rotatable bonds is 7. The third kappa shape index (κ3) is 19.6. The Kier molecular flexibility index (Phi) is 20.4. The first-order valence-corrected chi connectivity index (χ1v) is 16.4. The lowest BCUT2D eigenvalue weighted by molar-refractivity contribution is -0.394. The third-order valence-electron chi connectivity index (χ3n) is 6.43. The summed E-state index contributed by atoms with van der Waals surface area (Å²) in [6.45, 7) is 2.74. The molecule has 0 heterocycles. The second-order valence-electron chi connectivity index (χ2n) is 11.1. The number of carboxylic acid groups (broad SMARTS) is 1. The van der Waals surface area contributed by atoms with Crippen LogP contribution in [0.3, 0.4) is 0 Å².